The van der Waals surface area contributed by atoms with Crippen molar-refractivity contribution in [2.24, 2.45) is 5.92 Å². The van der Waals surface area contributed by atoms with E-state index in [2.05, 4.69) is 16.0 Å². The number of nitro benzene ring substituents is 1. The van der Waals surface area contributed by atoms with Gasteiger partial charge >= 0.3 is 0 Å². The Morgan fingerprint density at radius 1 is 1.52 bits per heavy atom. The van der Waals surface area contributed by atoms with Crippen LogP contribution < -0.4 is 16.0 Å². The minimum absolute atomic E-state index is 0.0688. The summed E-state index contributed by atoms with van der Waals surface area (Å²) in [7, 11) is 1.50. The molecule has 1 heterocycles. The van der Waals surface area contributed by atoms with Gasteiger partial charge in [-0.2, -0.15) is 0 Å². The summed E-state index contributed by atoms with van der Waals surface area (Å²) in [5.74, 6) is 0.295. The topological polar surface area (TPSA) is 96.3 Å². The van der Waals surface area contributed by atoms with Crippen LogP contribution in [0.25, 0.3) is 0 Å². The van der Waals surface area contributed by atoms with Crippen LogP contribution in [-0.2, 0) is 0 Å². The molecule has 2 rings (SSSR count). The van der Waals surface area contributed by atoms with Crippen LogP contribution in [0, 0.1) is 16.0 Å². The molecule has 1 amide bonds. The van der Waals surface area contributed by atoms with Crippen molar-refractivity contribution in [3.8, 4) is 0 Å². The number of anilines is 1. The minimum Gasteiger partial charge on any atom is -0.379 e. The second kappa shape index (κ2) is 7.03. The second-order valence-electron chi connectivity index (χ2n) is 5.14. The maximum Gasteiger partial charge on any atom is 0.293 e. The fourth-order valence-electron chi connectivity index (χ4n) is 2.49. The first-order chi connectivity index (χ1) is 10.1. The van der Waals surface area contributed by atoms with E-state index in [9.17, 15) is 14.9 Å². The number of carbonyl (C=O) groups is 1. The average molecular weight is 292 g/mol. The van der Waals surface area contributed by atoms with Gasteiger partial charge in [0.15, 0.2) is 0 Å². The number of nitrogens with one attached hydrogen (secondary N) is 3. The summed E-state index contributed by atoms with van der Waals surface area (Å²) in [6, 6.07) is 4.49. The summed E-state index contributed by atoms with van der Waals surface area (Å²) in [5.41, 5.74) is 0.675. The summed E-state index contributed by atoms with van der Waals surface area (Å²) in [6.07, 6.45) is 2.13. The van der Waals surface area contributed by atoms with Crippen LogP contribution in [0.2, 0.25) is 0 Å². The number of amides is 1. The third kappa shape index (κ3) is 3.91. The summed E-state index contributed by atoms with van der Waals surface area (Å²) in [5, 5.41) is 20.0. The van der Waals surface area contributed by atoms with Crippen LogP contribution in [-0.4, -0.2) is 37.5 Å². The van der Waals surface area contributed by atoms with Crippen molar-refractivity contribution in [2.45, 2.75) is 12.8 Å². The first-order valence-corrected chi connectivity index (χ1v) is 7.07. The zero-order valence-corrected chi connectivity index (χ0v) is 12.0. The molecule has 1 saturated heterocycles. The molecular formula is C14H20N4O3. The smallest absolute Gasteiger partial charge is 0.293 e. The molecule has 1 aliphatic heterocycles. The molecule has 1 fully saturated rings. The van der Waals surface area contributed by atoms with Crippen LogP contribution in [0.3, 0.4) is 0 Å². The van der Waals surface area contributed by atoms with E-state index in [4.69, 9.17) is 0 Å². The number of hydrogen-bond donors (Lipinski definition) is 3. The summed E-state index contributed by atoms with van der Waals surface area (Å²) in [4.78, 5) is 22.2. The molecule has 21 heavy (non-hydrogen) atoms. The van der Waals surface area contributed by atoms with Crippen LogP contribution in [0.4, 0.5) is 11.4 Å². The fourth-order valence-corrected chi connectivity index (χ4v) is 2.49. The number of benzene rings is 1. The number of carbonyl (C=O) groups excluding carboxylic acids is 1. The van der Waals surface area contributed by atoms with E-state index in [0.717, 1.165) is 25.9 Å². The van der Waals surface area contributed by atoms with E-state index in [-0.39, 0.29) is 17.2 Å². The Labute approximate surface area is 123 Å². The standard InChI is InChI=1S/C14H20N4O3/c1-15-14(19)11-2-3-12(13(8-11)18(20)21)17-7-5-10-4-6-16-9-10/h2-3,8,10,16-17H,4-7,9H2,1H3,(H,15,19). The summed E-state index contributed by atoms with van der Waals surface area (Å²) < 4.78 is 0. The van der Waals surface area contributed by atoms with Crippen molar-refractivity contribution in [1.29, 1.82) is 0 Å². The van der Waals surface area contributed by atoms with Crippen molar-refractivity contribution < 1.29 is 9.72 Å². The van der Waals surface area contributed by atoms with Gasteiger partial charge in [0.25, 0.3) is 11.6 Å². The van der Waals surface area contributed by atoms with Crippen molar-refractivity contribution in [1.82, 2.24) is 10.6 Å². The van der Waals surface area contributed by atoms with Gasteiger partial charge in [-0.25, -0.2) is 0 Å². The molecule has 1 aliphatic rings. The van der Waals surface area contributed by atoms with Crippen molar-refractivity contribution in [3.63, 3.8) is 0 Å². The van der Waals surface area contributed by atoms with Gasteiger partial charge in [0, 0.05) is 25.2 Å². The molecule has 3 N–H and O–H groups in total. The molecule has 0 aliphatic carbocycles. The molecule has 0 bridgehead atoms. The van der Waals surface area contributed by atoms with Crippen molar-refractivity contribution in [2.75, 3.05) is 32.0 Å². The predicted molar refractivity (Wildman–Crippen MR) is 80.6 cm³/mol. The highest BCUT2D eigenvalue weighted by atomic mass is 16.6. The van der Waals surface area contributed by atoms with Crippen LogP contribution in [0.5, 0.6) is 0 Å². The molecule has 1 aromatic rings. The highest BCUT2D eigenvalue weighted by Gasteiger charge is 2.18. The zero-order valence-electron chi connectivity index (χ0n) is 12.0. The van der Waals surface area contributed by atoms with E-state index in [0.29, 0.717) is 18.2 Å². The Hall–Kier alpha value is -2.15. The third-order valence-electron chi connectivity index (χ3n) is 3.71. The molecule has 0 saturated carbocycles. The van der Waals surface area contributed by atoms with Gasteiger partial charge in [0.2, 0.25) is 0 Å². The van der Waals surface area contributed by atoms with Gasteiger partial charge in [-0.15, -0.1) is 0 Å². The molecule has 1 unspecified atom stereocenters. The first-order valence-electron chi connectivity index (χ1n) is 7.07. The molecule has 114 valence electrons. The number of nitro groups is 1. The molecular weight excluding hydrogens is 272 g/mol. The average Bonchev–Trinajstić information content (AvgIpc) is 2.99. The Balaban J connectivity index is 2.03. The number of nitrogens with zero attached hydrogens (tertiary/aromatic N) is 1. The number of hydrogen-bond acceptors (Lipinski definition) is 5. The van der Waals surface area contributed by atoms with E-state index >= 15 is 0 Å². The lowest BCUT2D eigenvalue weighted by molar-refractivity contribution is -0.384. The van der Waals surface area contributed by atoms with E-state index in [1.54, 1.807) is 12.1 Å². The summed E-state index contributed by atoms with van der Waals surface area (Å²) in [6.45, 7) is 2.75. The quantitative estimate of drug-likeness (QED) is 0.543. The predicted octanol–water partition coefficient (Wildman–Crippen LogP) is 1.37. The van der Waals surface area contributed by atoms with Gasteiger partial charge < -0.3 is 16.0 Å². The van der Waals surface area contributed by atoms with Gasteiger partial charge in [-0.1, -0.05) is 0 Å². The molecule has 7 heteroatoms. The minimum atomic E-state index is -0.466. The second-order valence-corrected chi connectivity index (χ2v) is 5.14. The largest absolute Gasteiger partial charge is 0.379 e. The van der Waals surface area contributed by atoms with Gasteiger partial charge in [0.05, 0.1) is 4.92 Å². The van der Waals surface area contributed by atoms with E-state index in [1.807, 2.05) is 0 Å². The zero-order chi connectivity index (χ0) is 15.2. The molecule has 0 aromatic heterocycles. The summed E-state index contributed by atoms with van der Waals surface area (Å²) >= 11 is 0. The van der Waals surface area contributed by atoms with Crippen LogP contribution in [0.1, 0.15) is 23.2 Å². The van der Waals surface area contributed by atoms with Crippen LogP contribution in [0.15, 0.2) is 18.2 Å². The fraction of sp³-hybridized carbons (Fsp3) is 0.500. The Morgan fingerprint density at radius 3 is 2.95 bits per heavy atom. The lowest BCUT2D eigenvalue weighted by atomic mass is 10.1. The maximum absolute atomic E-state index is 11.5. The molecule has 1 aromatic carbocycles. The lowest BCUT2D eigenvalue weighted by Crippen LogP contribution is -2.18. The highest BCUT2D eigenvalue weighted by Crippen LogP contribution is 2.26. The van der Waals surface area contributed by atoms with Gasteiger partial charge in [0.1, 0.15) is 5.69 Å². The number of rotatable bonds is 6. The Bertz CT molecular complexity index is 527. The molecule has 0 radical (unpaired) electrons. The molecule has 0 spiro atoms. The van der Waals surface area contributed by atoms with Crippen molar-refractivity contribution in [3.05, 3.63) is 33.9 Å². The van der Waals surface area contributed by atoms with Gasteiger partial charge in [-0.3, -0.25) is 14.9 Å². The SMILES string of the molecule is CNC(=O)c1ccc(NCCC2CCNC2)c([N+](=O)[O-])c1. The lowest BCUT2D eigenvalue weighted by Gasteiger charge is -2.11. The Kier molecular flexibility index (Phi) is 5.10. The third-order valence-corrected chi connectivity index (χ3v) is 3.71. The van der Waals surface area contributed by atoms with E-state index < -0.39 is 4.92 Å². The Morgan fingerprint density at radius 2 is 2.33 bits per heavy atom. The molecule has 7 nitrogen and oxygen atoms in total. The monoisotopic (exact) mass is 292 g/mol. The van der Waals surface area contributed by atoms with Crippen LogP contribution >= 0.6 is 0 Å². The van der Waals surface area contributed by atoms with E-state index in [1.165, 1.54) is 13.1 Å². The van der Waals surface area contributed by atoms with Crippen molar-refractivity contribution >= 4 is 17.3 Å². The van der Waals surface area contributed by atoms with Gasteiger partial charge in [-0.05, 0) is 44.0 Å². The highest BCUT2D eigenvalue weighted by molar-refractivity contribution is 5.95. The maximum atomic E-state index is 11.5. The first kappa shape index (κ1) is 15.2. The molecule has 1 atom stereocenters. The normalized spacial score (nSPS) is 17.5.